The fraction of sp³-hybridized carbons (Fsp3) is 0.750. The molecule has 13 heteroatoms. The van der Waals surface area contributed by atoms with Gasteiger partial charge in [0, 0.05) is 12.0 Å². The summed E-state index contributed by atoms with van der Waals surface area (Å²) in [5.74, 6) is -12.4. The van der Waals surface area contributed by atoms with Crippen LogP contribution in [0.15, 0.2) is 12.2 Å². The average molecular weight is 458 g/mol. The first-order valence-electron chi connectivity index (χ1n) is 8.16. The lowest BCUT2D eigenvalue weighted by Gasteiger charge is -2.33. The van der Waals surface area contributed by atoms with Gasteiger partial charge in [-0.15, -0.1) is 0 Å². The van der Waals surface area contributed by atoms with Gasteiger partial charge in [0.2, 0.25) is 0 Å². The van der Waals surface area contributed by atoms with Crippen LogP contribution in [-0.4, -0.2) is 47.8 Å². The number of halogens is 7. The summed E-state index contributed by atoms with van der Waals surface area (Å²) in [5, 5.41) is -4.62. The van der Waals surface area contributed by atoms with Crippen molar-refractivity contribution in [2.45, 2.75) is 69.3 Å². The minimum absolute atomic E-state index is 0.491. The minimum atomic E-state index is -5.61. The van der Waals surface area contributed by atoms with Gasteiger partial charge in [-0.05, 0) is 33.6 Å². The molecule has 170 valence electrons. The third kappa shape index (κ3) is 7.68. The molecule has 0 saturated heterocycles. The summed E-state index contributed by atoms with van der Waals surface area (Å²) in [6.45, 7) is 5.51. The standard InChI is InChI=1S/C16H21F7O5S/c1-9(2)11(24)28-14(15(19,20)21,12(25)27-10(3)4)26-8-6-5-7-13(17,18)16(22,23)29/h10,29H,1,5-8H2,2-4H3. The van der Waals surface area contributed by atoms with Crippen LogP contribution in [0.25, 0.3) is 0 Å². The summed E-state index contributed by atoms with van der Waals surface area (Å²) < 4.78 is 105. The van der Waals surface area contributed by atoms with Crippen LogP contribution in [0.4, 0.5) is 30.7 Å². The number of hydrogen-bond acceptors (Lipinski definition) is 6. The lowest BCUT2D eigenvalue weighted by Crippen LogP contribution is -2.58. The molecule has 0 N–H and O–H groups in total. The lowest BCUT2D eigenvalue weighted by molar-refractivity contribution is -0.355. The van der Waals surface area contributed by atoms with E-state index in [1.54, 1.807) is 0 Å². The molecule has 1 unspecified atom stereocenters. The van der Waals surface area contributed by atoms with Crippen molar-refractivity contribution in [2.24, 2.45) is 0 Å². The second kappa shape index (κ2) is 10.0. The molecule has 0 aromatic carbocycles. The maximum atomic E-state index is 13.6. The number of alkyl halides is 7. The van der Waals surface area contributed by atoms with Gasteiger partial charge in [0.1, 0.15) is 0 Å². The molecule has 0 aromatic heterocycles. The van der Waals surface area contributed by atoms with Gasteiger partial charge in [-0.25, -0.2) is 9.59 Å². The molecular weight excluding hydrogens is 437 g/mol. The van der Waals surface area contributed by atoms with Gasteiger partial charge in [-0.2, -0.15) is 30.7 Å². The molecule has 0 fully saturated rings. The zero-order valence-corrected chi connectivity index (χ0v) is 16.6. The monoisotopic (exact) mass is 458 g/mol. The first kappa shape index (κ1) is 27.5. The maximum Gasteiger partial charge on any atom is 0.468 e. The number of rotatable bonds is 11. The molecule has 0 aromatic rings. The molecule has 0 aliphatic rings. The SMILES string of the molecule is C=C(C)C(=O)OC(OCCCCC(F)(F)C(F)(F)S)(C(=O)OC(C)C)C(F)(F)F. The molecule has 0 aliphatic heterocycles. The quantitative estimate of drug-likeness (QED) is 0.122. The van der Waals surface area contributed by atoms with Crippen LogP contribution in [0.2, 0.25) is 0 Å². The molecule has 0 saturated carbocycles. The molecule has 0 rings (SSSR count). The second-order valence-electron chi connectivity index (χ2n) is 6.29. The van der Waals surface area contributed by atoms with Crippen LogP contribution < -0.4 is 0 Å². The van der Waals surface area contributed by atoms with Crippen LogP contribution in [0, 0.1) is 0 Å². The first-order valence-corrected chi connectivity index (χ1v) is 8.60. The van der Waals surface area contributed by atoms with Crippen molar-refractivity contribution in [2.75, 3.05) is 6.61 Å². The fourth-order valence-electron chi connectivity index (χ4n) is 1.71. The fourth-order valence-corrected chi connectivity index (χ4v) is 1.82. The summed E-state index contributed by atoms with van der Waals surface area (Å²) in [7, 11) is 0. The van der Waals surface area contributed by atoms with E-state index in [1.165, 1.54) is 13.8 Å². The molecule has 0 heterocycles. The highest BCUT2D eigenvalue weighted by molar-refractivity contribution is 7.81. The predicted molar refractivity (Wildman–Crippen MR) is 89.6 cm³/mol. The highest BCUT2D eigenvalue weighted by Crippen LogP contribution is 2.41. The Hall–Kier alpha value is -1.50. The number of unbranched alkanes of at least 4 members (excludes halogenated alkanes) is 1. The number of hydrogen-bond donors (Lipinski definition) is 1. The Morgan fingerprint density at radius 3 is 1.93 bits per heavy atom. The van der Waals surface area contributed by atoms with Gasteiger partial charge in [0.05, 0.1) is 12.7 Å². The molecule has 1 atom stereocenters. The van der Waals surface area contributed by atoms with Crippen molar-refractivity contribution < 1.29 is 54.5 Å². The Morgan fingerprint density at radius 1 is 1.03 bits per heavy atom. The van der Waals surface area contributed by atoms with E-state index in [9.17, 15) is 40.3 Å². The van der Waals surface area contributed by atoms with Gasteiger partial charge < -0.3 is 14.2 Å². The molecule has 0 aliphatic carbocycles. The summed E-state index contributed by atoms with van der Waals surface area (Å²) in [5.41, 5.74) is -0.491. The van der Waals surface area contributed by atoms with E-state index in [-0.39, 0.29) is 0 Å². The Labute approximate surface area is 168 Å². The lowest BCUT2D eigenvalue weighted by atomic mass is 10.1. The zero-order chi connectivity index (χ0) is 23.3. The van der Waals surface area contributed by atoms with E-state index < -0.39 is 72.6 Å². The smallest absolute Gasteiger partial charge is 0.458 e. The highest BCUT2D eigenvalue weighted by atomic mass is 32.1. The van der Waals surface area contributed by atoms with Gasteiger partial charge >= 0.3 is 35.1 Å². The van der Waals surface area contributed by atoms with Crippen LogP contribution in [0.1, 0.15) is 40.0 Å². The van der Waals surface area contributed by atoms with Crippen molar-refractivity contribution in [3.05, 3.63) is 12.2 Å². The van der Waals surface area contributed by atoms with E-state index in [0.717, 1.165) is 6.92 Å². The molecule has 29 heavy (non-hydrogen) atoms. The van der Waals surface area contributed by atoms with E-state index in [1.807, 2.05) is 0 Å². The molecule has 0 spiro atoms. The third-order valence-corrected chi connectivity index (χ3v) is 3.53. The molecule has 0 bridgehead atoms. The van der Waals surface area contributed by atoms with E-state index in [4.69, 9.17) is 0 Å². The van der Waals surface area contributed by atoms with Crippen molar-refractivity contribution in [3.8, 4) is 0 Å². The third-order valence-electron chi connectivity index (χ3n) is 3.20. The van der Waals surface area contributed by atoms with Crippen molar-refractivity contribution in [1.82, 2.24) is 0 Å². The zero-order valence-electron chi connectivity index (χ0n) is 15.7. The van der Waals surface area contributed by atoms with E-state index in [0.29, 0.717) is 0 Å². The number of carbonyl (C=O) groups excluding carboxylic acids is 2. The van der Waals surface area contributed by atoms with Crippen LogP contribution in [-0.2, 0) is 23.8 Å². The van der Waals surface area contributed by atoms with Gasteiger partial charge in [0.15, 0.2) is 0 Å². The molecule has 0 amide bonds. The van der Waals surface area contributed by atoms with Gasteiger partial charge in [-0.1, -0.05) is 19.2 Å². The summed E-state index contributed by atoms with van der Waals surface area (Å²) in [4.78, 5) is 23.7. The maximum absolute atomic E-state index is 13.6. The summed E-state index contributed by atoms with van der Waals surface area (Å²) in [6, 6.07) is 0. The predicted octanol–water partition coefficient (Wildman–Crippen LogP) is 4.66. The first-order chi connectivity index (χ1) is 12.9. The van der Waals surface area contributed by atoms with Crippen molar-refractivity contribution in [3.63, 3.8) is 0 Å². The summed E-state index contributed by atoms with van der Waals surface area (Å²) >= 11 is 2.47. The Kier molecular flexibility index (Phi) is 9.49. The number of esters is 2. The topological polar surface area (TPSA) is 61.8 Å². The second-order valence-corrected chi connectivity index (χ2v) is 6.85. The van der Waals surface area contributed by atoms with E-state index >= 15 is 0 Å². The highest BCUT2D eigenvalue weighted by Gasteiger charge is 2.68. The summed E-state index contributed by atoms with van der Waals surface area (Å²) in [6.07, 6.45) is -9.37. The van der Waals surface area contributed by atoms with Crippen molar-refractivity contribution >= 4 is 24.6 Å². The van der Waals surface area contributed by atoms with E-state index in [2.05, 4.69) is 33.4 Å². The Balaban J connectivity index is 5.42. The van der Waals surface area contributed by atoms with Gasteiger partial charge in [-0.3, -0.25) is 0 Å². The van der Waals surface area contributed by atoms with Crippen LogP contribution in [0.3, 0.4) is 0 Å². The Morgan fingerprint density at radius 2 is 1.55 bits per heavy atom. The average Bonchev–Trinajstić information content (AvgIpc) is 2.49. The van der Waals surface area contributed by atoms with Crippen LogP contribution in [0.5, 0.6) is 0 Å². The van der Waals surface area contributed by atoms with Crippen molar-refractivity contribution in [1.29, 1.82) is 0 Å². The largest absolute Gasteiger partial charge is 0.468 e. The number of ether oxygens (including phenoxy) is 3. The Bertz CT molecular complexity index is 601. The molecule has 5 nitrogen and oxygen atoms in total. The normalized spacial score (nSPS) is 15.0. The number of carbonyl (C=O) groups is 2. The minimum Gasteiger partial charge on any atom is -0.458 e. The van der Waals surface area contributed by atoms with Gasteiger partial charge in [0.25, 0.3) is 0 Å². The molecular formula is C16H21F7O5S. The van der Waals surface area contributed by atoms with Crippen LogP contribution >= 0.6 is 12.6 Å². The molecule has 0 radical (unpaired) electrons. The number of thiol groups is 1.